The number of hydrogen-bond donors (Lipinski definition) is 2. The van der Waals surface area contributed by atoms with Gasteiger partial charge in [-0.2, -0.15) is 13.2 Å². The number of nitrogens with zero attached hydrogens (tertiary/aromatic N) is 2. The Bertz CT molecular complexity index is 861. The van der Waals surface area contributed by atoms with Crippen molar-refractivity contribution in [3.8, 4) is 0 Å². The van der Waals surface area contributed by atoms with Gasteiger partial charge in [-0.25, -0.2) is 13.1 Å². The Kier molecular flexibility index (Phi) is 5.44. The van der Waals surface area contributed by atoms with Crippen LogP contribution in [0.25, 0.3) is 0 Å². The summed E-state index contributed by atoms with van der Waals surface area (Å²) >= 11 is 0.192. The number of aromatic nitrogens is 2. The van der Waals surface area contributed by atoms with Crippen LogP contribution in [-0.4, -0.2) is 30.6 Å². The number of anilines is 1. The molecule has 1 aromatic heterocycles. The molecule has 0 saturated carbocycles. The Hall–Kier alpha value is -2.05. The standard InChI is InChI=1S/C13H13F3N4O3S2/c1-7(2)20-25(22,23)9-5-3-8(4-6-9)10(21)17-12-19-18-11(24-12)13(14,15)16/h3-7,20H,1-2H3,(H,17,19,21). The van der Waals surface area contributed by atoms with Crippen LogP contribution < -0.4 is 10.0 Å². The average molecular weight is 394 g/mol. The van der Waals surface area contributed by atoms with Gasteiger partial charge in [0.05, 0.1) is 4.90 Å². The molecular weight excluding hydrogens is 381 g/mol. The molecule has 25 heavy (non-hydrogen) atoms. The van der Waals surface area contributed by atoms with Crippen LogP contribution in [0, 0.1) is 0 Å². The fourth-order valence-corrected chi connectivity index (χ4v) is 3.58. The molecule has 1 heterocycles. The van der Waals surface area contributed by atoms with E-state index >= 15 is 0 Å². The SMILES string of the molecule is CC(C)NS(=O)(=O)c1ccc(C(=O)Nc2nnc(C(F)(F)F)s2)cc1. The lowest BCUT2D eigenvalue weighted by atomic mass is 10.2. The van der Waals surface area contributed by atoms with Crippen LogP contribution in [0.4, 0.5) is 18.3 Å². The normalized spacial score (nSPS) is 12.4. The molecule has 1 amide bonds. The van der Waals surface area contributed by atoms with E-state index in [1.54, 1.807) is 13.8 Å². The summed E-state index contributed by atoms with van der Waals surface area (Å²) < 4.78 is 63.7. The van der Waals surface area contributed by atoms with E-state index in [1.807, 2.05) is 0 Å². The maximum absolute atomic E-state index is 12.4. The highest BCUT2D eigenvalue weighted by Crippen LogP contribution is 2.33. The smallest absolute Gasteiger partial charge is 0.296 e. The van der Waals surface area contributed by atoms with Gasteiger partial charge >= 0.3 is 6.18 Å². The summed E-state index contributed by atoms with van der Waals surface area (Å²) in [5.41, 5.74) is 0.0623. The fourth-order valence-electron chi connectivity index (χ4n) is 1.72. The summed E-state index contributed by atoms with van der Waals surface area (Å²) in [6, 6.07) is 4.64. The molecule has 0 aliphatic carbocycles. The molecule has 2 N–H and O–H groups in total. The molecule has 12 heteroatoms. The molecule has 2 aromatic rings. The van der Waals surface area contributed by atoms with Crippen LogP contribution in [0.5, 0.6) is 0 Å². The Morgan fingerprint density at radius 1 is 1.16 bits per heavy atom. The van der Waals surface area contributed by atoms with Crippen molar-refractivity contribution in [3.63, 3.8) is 0 Å². The molecule has 7 nitrogen and oxygen atoms in total. The maximum atomic E-state index is 12.4. The third kappa shape index (κ3) is 4.96. The minimum absolute atomic E-state index is 0.0342. The predicted octanol–water partition coefficient (Wildman–Crippen LogP) is 2.50. The average Bonchev–Trinajstić information content (AvgIpc) is 2.94. The van der Waals surface area contributed by atoms with E-state index in [4.69, 9.17) is 0 Å². The second-order valence-corrected chi connectivity index (χ2v) is 7.86. The van der Waals surface area contributed by atoms with Crippen molar-refractivity contribution in [1.82, 2.24) is 14.9 Å². The summed E-state index contributed by atoms with van der Waals surface area (Å²) in [4.78, 5) is 12.0. The Labute approximate surface area is 145 Å². The van der Waals surface area contributed by atoms with Crippen molar-refractivity contribution < 1.29 is 26.4 Å². The van der Waals surface area contributed by atoms with Crippen molar-refractivity contribution in [2.24, 2.45) is 0 Å². The first-order valence-electron chi connectivity index (χ1n) is 6.83. The predicted molar refractivity (Wildman–Crippen MR) is 84.8 cm³/mol. The van der Waals surface area contributed by atoms with Crippen molar-refractivity contribution in [3.05, 3.63) is 34.8 Å². The molecule has 0 unspecified atom stereocenters. The first-order valence-corrected chi connectivity index (χ1v) is 9.13. The van der Waals surface area contributed by atoms with E-state index in [1.165, 1.54) is 24.3 Å². The first-order chi connectivity index (χ1) is 11.5. The van der Waals surface area contributed by atoms with Gasteiger partial charge in [-0.3, -0.25) is 10.1 Å². The molecule has 0 fully saturated rings. The lowest BCUT2D eigenvalue weighted by molar-refractivity contribution is -0.138. The quantitative estimate of drug-likeness (QED) is 0.811. The summed E-state index contributed by atoms with van der Waals surface area (Å²) in [5.74, 6) is -0.731. The number of carbonyl (C=O) groups is 1. The minimum atomic E-state index is -4.64. The molecule has 0 atom stereocenters. The second kappa shape index (κ2) is 7.06. The lowest BCUT2D eigenvalue weighted by Crippen LogP contribution is -2.30. The van der Waals surface area contributed by atoms with E-state index < -0.39 is 27.1 Å². The van der Waals surface area contributed by atoms with Gasteiger partial charge in [0, 0.05) is 11.6 Å². The highest BCUT2D eigenvalue weighted by molar-refractivity contribution is 7.89. The zero-order chi connectivity index (χ0) is 18.8. The molecule has 2 rings (SSSR count). The maximum Gasteiger partial charge on any atom is 0.445 e. The summed E-state index contributed by atoms with van der Waals surface area (Å²) in [6.45, 7) is 3.33. The number of sulfonamides is 1. The first kappa shape index (κ1) is 19.3. The molecule has 0 aliphatic rings. The monoisotopic (exact) mass is 394 g/mol. The van der Waals surface area contributed by atoms with Crippen molar-refractivity contribution in [2.75, 3.05) is 5.32 Å². The van der Waals surface area contributed by atoms with Gasteiger partial charge < -0.3 is 0 Å². The highest BCUT2D eigenvalue weighted by atomic mass is 32.2. The number of nitrogens with one attached hydrogen (secondary N) is 2. The number of hydrogen-bond acceptors (Lipinski definition) is 6. The minimum Gasteiger partial charge on any atom is -0.296 e. The van der Waals surface area contributed by atoms with E-state index in [2.05, 4.69) is 20.2 Å². The Morgan fingerprint density at radius 2 is 1.76 bits per heavy atom. The van der Waals surface area contributed by atoms with Crippen LogP contribution in [-0.2, 0) is 16.2 Å². The molecule has 136 valence electrons. The second-order valence-electron chi connectivity index (χ2n) is 5.16. The van der Waals surface area contributed by atoms with Crippen LogP contribution in [0.1, 0.15) is 29.2 Å². The van der Waals surface area contributed by atoms with Crippen molar-refractivity contribution >= 4 is 32.4 Å². The highest BCUT2D eigenvalue weighted by Gasteiger charge is 2.35. The van der Waals surface area contributed by atoms with Crippen LogP contribution >= 0.6 is 11.3 Å². The number of alkyl halides is 3. The van der Waals surface area contributed by atoms with E-state index in [9.17, 15) is 26.4 Å². The van der Waals surface area contributed by atoms with Gasteiger partial charge in [0.2, 0.25) is 20.2 Å². The van der Waals surface area contributed by atoms with E-state index in [0.29, 0.717) is 0 Å². The number of amides is 1. The number of carbonyl (C=O) groups excluding carboxylic acids is 1. The van der Waals surface area contributed by atoms with Crippen LogP contribution in [0.15, 0.2) is 29.2 Å². The topological polar surface area (TPSA) is 101 Å². The third-order valence-electron chi connectivity index (χ3n) is 2.71. The molecule has 0 spiro atoms. The number of rotatable bonds is 5. The van der Waals surface area contributed by atoms with Gasteiger partial charge in [0.1, 0.15) is 0 Å². The zero-order valence-electron chi connectivity index (χ0n) is 13.0. The molecule has 0 saturated heterocycles. The lowest BCUT2D eigenvalue weighted by Gasteiger charge is -2.09. The van der Waals surface area contributed by atoms with E-state index in [-0.39, 0.29) is 33.0 Å². The zero-order valence-corrected chi connectivity index (χ0v) is 14.6. The van der Waals surface area contributed by atoms with Crippen LogP contribution in [0.2, 0.25) is 0 Å². The molecule has 0 radical (unpaired) electrons. The molecule has 0 aliphatic heterocycles. The van der Waals surface area contributed by atoms with Gasteiger partial charge in [-0.15, -0.1) is 10.2 Å². The summed E-state index contributed by atoms with van der Waals surface area (Å²) in [6.07, 6.45) is -4.64. The molecule has 1 aromatic carbocycles. The largest absolute Gasteiger partial charge is 0.445 e. The van der Waals surface area contributed by atoms with Crippen LogP contribution in [0.3, 0.4) is 0 Å². The van der Waals surface area contributed by atoms with Crippen molar-refractivity contribution in [1.29, 1.82) is 0 Å². The van der Waals surface area contributed by atoms with Gasteiger partial charge in [-0.05, 0) is 38.1 Å². The van der Waals surface area contributed by atoms with Gasteiger partial charge in [0.25, 0.3) is 5.91 Å². The van der Waals surface area contributed by atoms with Gasteiger partial charge in [-0.1, -0.05) is 11.3 Å². The third-order valence-corrected chi connectivity index (χ3v) is 5.26. The molecule has 0 bridgehead atoms. The molecular formula is C13H13F3N4O3S2. The van der Waals surface area contributed by atoms with Gasteiger partial charge in [0.15, 0.2) is 0 Å². The number of benzene rings is 1. The fraction of sp³-hybridized carbons (Fsp3) is 0.308. The Morgan fingerprint density at radius 3 is 2.24 bits per heavy atom. The van der Waals surface area contributed by atoms with Crippen molar-refractivity contribution in [2.45, 2.75) is 31.0 Å². The summed E-state index contributed by atoms with van der Waals surface area (Å²) in [5, 5.41) is 6.89. The van der Waals surface area contributed by atoms with E-state index in [0.717, 1.165) is 0 Å². The Balaban J connectivity index is 2.12. The number of halogens is 3. The summed E-state index contributed by atoms with van der Waals surface area (Å²) in [7, 11) is -3.70.